The van der Waals surface area contributed by atoms with E-state index in [1.807, 2.05) is 28.6 Å². The second kappa shape index (κ2) is 4.07. The molecule has 5 heteroatoms. The van der Waals surface area contributed by atoms with Crippen molar-refractivity contribution in [3.05, 3.63) is 24.3 Å². The van der Waals surface area contributed by atoms with Crippen LogP contribution in [0, 0.1) is 0 Å². The molecule has 4 nitrogen and oxygen atoms in total. The zero-order chi connectivity index (χ0) is 11.0. The number of rotatable bonds is 1. The van der Waals surface area contributed by atoms with Gasteiger partial charge in [-0.2, -0.15) is 0 Å². The van der Waals surface area contributed by atoms with Gasteiger partial charge < -0.3 is 5.32 Å². The number of hydrogen-bond acceptors (Lipinski definition) is 2. The molecule has 0 aliphatic carbocycles. The first-order chi connectivity index (χ1) is 7.86. The first-order valence-corrected chi connectivity index (χ1v) is 6.74. The highest BCUT2D eigenvalue weighted by Crippen LogP contribution is 2.36. The normalized spacial score (nSPS) is 25.2. The van der Waals surface area contributed by atoms with Crippen molar-refractivity contribution < 1.29 is 4.21 Å². The number of nitrogens with zero attached hydrogens (tertiary/aromatic N) is 1. The molecule has 3 rings (SSSR count). The number of para-hydroxylation sites is 2. The molecule has 0 aromatic heterocycles. The van der Waals surface area contributed by atoms with Gasteiger partial charge in [0.05, 0.1) is 11.4 Å². The van der Waals surface area contributed by atoms with Crippen LogP contribution < -0.4 is 14.3 Å². The molecule has 0 bridgehead atoms. The average molecular weight is 237 g/mol. The molecule has 16 heavy (non-hydrogen) atoms. The molecule has 0 amide bonds. The fourth-order valence-electron chi connectivity index (χ4n) is 2.36. The van der Waals surface area contributed by atoms with Gasteiger partial charge >= 0.3 is 0 Å². The number of fused-ring (bicyclic) bond motifs is 1. The Kier molecular flexibility index (Phi) is 2.57. The van der Waals surface area contributed by atoms with Crippen molar-refractivity contribution in [2.75, 3.05) is 22.1 Å². The molecule has 0 radical (unpaired) electrons. The first-order valence-electron chi connectivity index (χ1n) is 5.64. The Morgan fingerprint density at radius 3 is 2.81 bits per heavy atom. The van der Waals surface area contributed by atoms with Crippen LogP contribution in [0.1, 0.15) is 12.8 Å². The zero-order valence-corrected chi connectivity index (χ0v) is 9.80. The topological polar surface area (TPSA) is 44.4 Å². The molecule has 0 spiro atoms. The summed E-state index contributed by atoms with van der Waals surface area (Å²) in [4.78, 5) is 0. The molecule has 1 saturated heterocycles. The molecule has 2 heterocycles. The summed E-state index contributed by atoms with van der Waals surface area (Å²) in [5, 5.41) is 3.33. The predicted molar refractivity (Wildman–Crippen MR) is 66.6 cm³/mol. The van der Waals surface area contributed by atoms with E-state index in [9.17, 15) is 4.21 Å². The predicted octanol–water partition coefficient (Wildman–Crippen LogP) is 1.25. The molecule has 1 aromatic rings. The fraction of sp³-hybridized carbons (Fsp3) is 0.455. The van der Waals surface area contributed by atoms with Gasteiger partial charge in [-0.15, -0.1) is 0 Å². The zero-order valence-electron chi connectivity index (χ0n) is 8.98. The number of benzene rings is 1. The van der Waals surface area contributed by atoms with Gasteiger partial charge in [0.1, 0.15) is 0 Å². The summed E-state index contributed by atoms with van der Waals surface area (Å²) in [7, 11) is 0. The lowest BCUT2D eigenvalue weighted by atomic mass is 10.1. The van der Waals surface area contributed by atoms with E-state index in [1.165, 1.54) is 0 Å². The van der Waals surface area contributed by atoms with E-state index in [4.69, 9.17) is 0 Å². The summed E-state index contributed by atoms with van der Waals surface area (Å²) >= 11 is -1.10. The monoisotopic (exact) mass is 237 g/mol. The molecule has 2 aliphatic rings. The van der Waals surface area contributed by atoms with Crippen LogP contribution in [0.3, 0.4) is 0 Å². The van der Waals surface area contributed by atoms with Crippen LogP contribution >= 0.6 is 0 Å². The van der Waals surface area contributed by atoms with Crippen molar-refractivity contribution in [2.24, 2.45) is 0 Å². The Morgan fingerprint density at radius 1 is 1.25 bits per heavy atom. The van der Waals surface area contributed by atoms with Crippen molar-refractivity contribution in [1.82, 2.24) is 5.32 Å². The maximum absolute atomic E-state index is 12.0. The maximum Gasteiger partial charge on any atom is 0.223 e. The number of anilines is 2. The Bertz CT molecular complexity index is 417. The molecule has 2 aliphatic heterocycles. The van der Waals surface area contributed by atoms with E-state index in [0.29, 0.717) is 6.04 Å². The van der Waals surface area contributed by atoms with E-state index in [2.05, 4.69) is 10.0 Å². The van der Waals surface area contributed by atoms with Gasteiger partial charge in [-0.25, -0.2) is 4.21 Å². The van der Waals surface area contributed by atoms with E-state index < -0.39 is 11.2 Å². The van der Waals surface area contributed by atoms with Gasteiger partial charge in [-0.05, 0) is 38.1 Å². The summed E-state index contributed by atoms with van der Waals surface area (Å²) < 4.78 is 17.1. The second-order valence-corrected chi connectivity index (χ2v) is 5.27. The molecule has 1 fully saturated rings. The Morgan fingerprint density at radius 2 is 2.00 bits per heavy atom. The SMILES string of the molecule is O=S1Nc2ccccc2N1C1CCNCC1. The third-order valence-corrected chi connectivity index (χ3v) is 4.40. The van der Waals surface area contributed by atoms with Gasteiger partial charge in [-0.3, -0.25) is 9.03 Å². The standard InChI is InChI=1S/C11H15N3OS/c15-16-13-10-3-1-2-4-11(10)14(16)9-5-7-12-8-6-9/h1-4,9,12-13H,5-8H2. The van der Waals surface area contributed by atoms with Crippen molar-refractivity contribution in [1.29, 1.82) is 0 Å². The molecule has 1 aromatic carbocycles. The first kappa shape index (κ1) is 10.1. The lowest BCUT2D eigenvalue weighted by Crippen LogP contribution is -2.43. The van der Waals surface area contributed by atoms with Crippen LogP contribution in [0.4, 0.5) is 11.4 Å². The molecule has 1 unspecified atom stereocenters. The second-order valence-electron chi connectivity index (χ2n) is 4.18. The van der Waals surface area contributed by atoms with Gasteiger partial charge in [0, 0.05) is 6.04 Å². The molecule has 86 valence electrons. The average Bonchev–Trinajstić information content (AvgIpc) is 2.66. The van der Waals surface area contributed by atoms with Crippen LogP contribution in [-0.4, -0.2) is 23.3 Å². The van der Waals surface area contributed by atoms with Crippen molar-refractivity contribution in [3.63, 3.8) is 0 Å². The minimum Gasteiger partial charge on any atom is -0.317 e. The highest BCUT2D eigenvalue weighted by Gasteiger charge is 2.32. The van der Waals surface area contributed by atoms with Gasteiger partial charge in [0.25, 0.3) is 0 Å². The van der Waals surface area contributed by atoms with Gasteiger partial charge in [0.15, 0.2) is 0 Å². The summed E-state index contributed by atoms with van der Waals surface area (Å²) in [5.74, 6) is 0. The summed E-state index contributed by atoms with van der Waals surface area (Å²) in [6.45, 7) is 2.03. The molecular weight excluding hydrogens is 222 g/mol. The van der Waals surface area contributed by atoms with E-state index in [1.54, 1.807) is 0 Å². The number of nitrogens with one attached hydrogen (secondary N) is 2. The molecule has 0 saturated carbocycles. The summed E-state index contributed by atoms with van der Waals surface area (Å²) in [6.07, 6.45) is 2.11. The van der Waals surface area contributed by atoms with E-state index in [-0.39, 0.29) is 0 Å². The largest absolute Gasteiger partial charge is 0.317 e. The number of piperidine rings is 1. The maximum atomic E-state index is 12.0. The van der Waals surface area contributed by atoms with Crippen molar-refractivity contribution in [2.45, 2.75) is 18.9 Å². The summed E-state index contributed by atoms with van der Waals surface area (Å²) in [5.41, 5.74) is 2.06. The lowest BCUT2D eigenvalue weighted by Gasteiger charge is -2.30. The molecular formula is C11H15N3OS. The number of hydrogen-bond donors (Lipinski definition) is 2. The van der Waals surface area contributed by atoms with Crippen molar-refractivity contribution >= 4 is 22.5 Å². The molecule has 2 N–H and O–H groups in total. The third-order valence-electron chi connectivity index (χ3n) is 3.16. The Labute approximate surface area is 97.7 Å². The lowest BCUT2D eigenvalue weighted by molar-refractivity contribution is 0.461. The fourth-order valence-corrected chi connectivity index (χ4v) is 3.64. The third kappa shape index (κ3) is 1.60. The smallest absolute Gasteiger partial charge is 0.223 e. The van der Waals surface area contributed by atoms with Crippen LogP contribution in [-0.2, 0) is 11.2 Å². The van der Waals surface area contributed by atoms with E-state index in [0.717, 1.165) is 37.3 Å². The Balaban J connectivity index is 1.92. The van der Waals surface area contributed by atoms with Gasteiger partial charge in [-0.1, -0.05) is 12.1 Å². The van der Waals surface area contributed by atoms with Crippen LogP contribution in [0.2, 0.25) is 0 Å². The summed E-state index contributed by atoms with van der Waals surface area (Å²) in [6, 6.07) is 8.37. The van der Waals surface area contributed by atoms with Crippen molar-refractivity contribution in [3.8, 4) is 0 Å². The van der Waals surface area contributed by atoms with Crippen LogP contribution in [0.15, 0.2) is 24.3 Å². The van der Waals surface area contributed by atoms with Gasteiger partial charge in [0.2, 0.25) is 11.2 Å². The molecule has 1 atom stereocenters. The highest BCUT2D eigenvalue weighted by molar-refractivity contribution is 7.88. The minimum atomic E-state index is -1.10. The quantitative estimate of drug-likeness (QED) is 0.772. The van der Waals surface area contributed by atoms with E-state index >= 15 is 0 Å². The van der Waals surface area contributed by atoms with Crippen LogP contribution in [0.5, 0.6) is 0 Å². The Hall–Kier alpha value is -1.07. The minimum absolute atomic E-state index is 0.387. The highest BCUT2D eigenvalue weighted by atomic mass is 32.2. The van der Waals surface area contributed by atoms with Crippen LogP contribution in [0.25, 0.3) is 0 Å².